The van der Waals surface area contributed by atoms with E-state index in [-0.39, 0.29) is 35.5 Å². The lowest BCUT2D eigenvalue weighted by molar-refractivity contribution is -0.140. The lowest BCUT2D eigenvalue weighted by Crippen LogP contribution is -2.43. The molecule has 1 aromatic heterocycles. The SMILES string of the molecule is O=C1C=CC(=O)N1C1CCCC(Cn2c(O)ccc2O)C1. The van der Waals surface area contributed by atoms with E-state index in [1.807, 2.05) is 0 Å². The number of aromatic nitrogens is 1. The molecule has 0 spiro atoms. The molecule has 0 bridgehead atoms. The van der Waals surface area contributed by atoms with Crippen LogP contribution in [-0.4, -0.2) is 37.5 Å². The van der Waals surface area contributed by atoms with Gasteiger partial charge >= 0.3 is 0 Å². The van der Waals surface area contributed by atoms with E-state index in [1.54, 1.807) is 0 Å². The molecule has 6 nitrogen and oxygen atoms in total. The number of nitrogens with zero attached hydrogens (tertiary/aromatic N) is 2. The Balaban J connectivity index is 1.69. The first-order chi connectivity index (χ1) is 10.1. The van der Waals surface area contributed by atoms with Gasteiger partial charge in [-0.15, -0.1) is 0 Å². The molecule has 2 N–H and O–H groups in total. The van der Waals surface area contributed by atoms with E-state index in [9.17, 15) is 19.8 Å². The van der Waals surface area contributed by atoms with Gasteiger partial charge in [0, 0.05) is 36.9 Å². The molecule has 2 amide bonds. The van der Waals surface area contributed by atoms with Crippen LogP contribution < -0.4 is 0 Å². The highest BCUT2D eigenvalue weighted by atomic mass is 16.3. The number of aromatic hydroxyl groups is 2. The summed E-state index contributed by atoms with van der Waals surface area (Å²) in [4.78, 5) is 24.8. The summed E-state index contributed by atoms with van der Waals surface area (Å²) < 4.78 is 1.46. The smallest absolute Gasteiger partial charge is 0.253 e. The minimum Gasteiger partial charge on any atom is -0.494 e. The van der Waals surface area contributed by atoms with Gasteiger partial charge in [0.05, 0.1) is 0 Å². The molecule has 3 rings (SSSR count). The van der Waals surface area contributed by atoms with Gasteiger partial charge in [-0.3, -0.25) is 19.1 Å². The van der Waals surface area contributed by atoms with Gasteiger partial charge in [0.1, 0.15) is 0 Å². The second-order valence-corrected chi connectivity index (χ2v) is 5.73. The second kappa shape index (κ2) is 5.27. The molecule has 2 aliphatic rings. The predicted molar refractivity (Wildman–Crippen MR) is 74.5 cm³/mol. The van der Waals surface area contributed by atoms with Crippen LogP contribution in [0.2, 0.25) is 0 Å². The molecule has 21 heavy (non-hydrogen) atoms. The summed E-state index contributed by atoms with van der Waals surface area (Å²) in [5.41, 5.74) is 0. The number of hydrogen-bond acceptors (Lipinski definition) is 4. The van der Waals surface area contributed by atoms with E-state index in [2.05, 4.69) is 0 Å². The number of rotatable bonds is 3. The number of amides is 2. The van der Waals surface area contributed by atoms with Crippen molar-refractivity contribution in [1.82, 2.24) is 9.47 Å². The van der Waals surface area contributed by atoms with Gasteiger partial charge in [0.2, 0.25) is 0 Å². The Morgan fingerprint density at radius 3 is 2.29 bits per heavy atom. The highest BCUT2D eigenvalue weighted by Crippen LogP contribution is 2.33. The summed E-state index contributed by atoms with van der Waals surface area (Å²) in [6.45, 7) is 0.491. The molecule has 6 heteroatoms. The van der Waals surface area contributed by atoms with Crippen molar-refractivity contribution in [2.75, 3.05) is 0 Å². The Morgan fingerprint density at radius 1 is 1.05 bits per heavy atom. The zero-order chi connectivity index (χ0) is 15.0. The summed E-state index contributed by atoms with van der Waals surface area (Å²) >= 11 is 0. The summed E-state index contributed by atoms with van der Waals surface area (Å²) in [7, 11) is 0. The van der Waals surface area contributed by atoms with Crippen molar-refractivity contribution in [3.05, 3.63) is 24.3 Å². The van der Waals surface area contributed by atoms with Gasteiger partial charge in [-0.05, 0) is 25.2 Å². The molecule has 0 radical (unpaired) electrons. The van der Waals surface area contributed by atoms with Crippen LogP contribution >= 0.6 is 0 Å². The van der Waals surface area contributed by atoms with Crippen molar-refractivity contribution in [2.24, 2.45) is 5.92 Å². The highest BCUT2D eigenvalue weighted by molar-refractivity contribution is 6.13. The minimum absolute atomic E-state index is 0.0321. The van der Waals surface area contributed by atoms with E-state index >= 15 is 0 Å². The van der Waals surface area contributed by atoms with Crippen LogP contribution in [-0.2, 0) is 16.1 Å². The van der Waals surface area contributed by atoms with E-state index in [0.717, 1.165) is 19.3 Å². The lowest BCUT2D eigenvalue weighted by Gasteiger charge is -2.34. The van der Waals surface area contributed by atoms with Crippen molar-refractivity contribution in [1.29, 1.82) is 0 Å². The first-order valence-corrected chi connectivity index (χ1v) is 7.19. The third-order valence-corrected chi connectivity index (χ3v) is 4.34. The van der Waals surface area contributed by atoms with Crippen LogP contribution in [0.4, 0.5) is 0 Å². The maximum Gasteiger partial charge on any atom is 0.253 e. The Hall–Kier alpha value is -2.24. The second-order valence-electron chi connectivity index (χ2n) is 5.73. The van der Waals surface area contributed by atoms with Gasteiger partial charge in [-0.1, -0.05) is 6.42 Å². The van der Waals surface area contributed by atoms with Crippen LogP contribution in [0.15, 0.2) is 24.3 Å². The van der Waals surface area contributed by atoms with Gasteiger partial charge in [0.25, 0.3) is 11.8 Å². The Labute approximate surface area is 122 Å². The van der Waals surface area contributed by atoms with Crippen LogP contribution in [0, 0.1) is 5.92 Å². The average molecular weight is 290 g/mol. The van der Waals surface area contributed by atoms with E-state index in [4.69, 9.17) is 0 Å². The standard InChI is InChI=1S/C15H18N2O4/c18-12-4-5-13(19)16(12)9-10-2-1-3-11(8-10)17-14(20)6-7-15(17)21/h4-7,10-11,18-19H,1-3,8-9H2. The number of hydrogen-bond donors (Lipinski definition) is 2. The molecule has 1 aliphatic heterocycles. The average Bonchev–Trinajstić information content (AvgIpc) is 2.96. The maximum atomic E-state index is 11.7. The highest BCUT2D eigenvalue weighted by Gasteiger charge is 2.34. The molecule has 1 aliphatic carbocycles. The molecular formula is C15H18N2O4. The molecule has 1 fully saturated rings. The largest absolute Gasteiger partial charge is 0.494 e. The molecule has 1 aromatic rings. The van der Waals surface area contributed by atoms with Gasteiger partial charge in [-0.2, -0.15) is 0 Å². The lowest BCUT2D eigenvalue weighted by atomic mass is 9.85. The maximum absolute atomic E-state index is 11.7. The van der Waals surface area contributed by atoms with Gasteiger partial charge < -0.3 is 10.2 Å². The predicted octanol–water partition coefficient (Wildman–Crippen LogP) is 1.38. The molecule has 2 unspecified atom stereocenters. The normalized spacial score (nSPS) is 25.8. The molecule has 0 aromatic carbocycles. The fourth-order valence-electron chi connectivity index (χ4n) is 3.33. The first kappa shape index (κ1) is 13.7. The van der Waals surface area contributed by atoms with E-state index in [1.165, 1.54) is 33.8 Å². The Kier molecular flexibility index (Phi) is 3.45. The fourth-order valence-corrected chi connectivity index (χ4v) is 3.33. The Morgan fingerprint density at radius 2 is 1.67 bits per heavy atom. The summed E-state index contributed by atoms with van der Waals surface area (Å²) in [6.07, 6.45) is 6.03. The minimum atomic E-state index is -0.239. The van der Waals surface area contributed by atoms with Crippen LogP contribution in [0.3, 0.4) is 0 Å². The third-order valence-electron chi connectivity index (χ3n) is 4.34. The van der Waals surface area contributed by atoms with Crippen molar-refractivity contribution < 1.29 is 19.8 Å². The summed E-state index contributed by atoms with van der Waals surface area (Å²) in [6, 6.07) is 2.82. The molecular weight excluding hydrogens is 272 g/mol. The van der Waals surface area contributed by atoms with Crippen molar-refractivity contribution in [3.8, 4) is 11.8 Å². The molecule has 1 saturated carbocycles. The number of carbonyl (C=O) groups is 2. The van der Waals surface area contributed by atoms with Crippen molar-refractivity contribution in [3.63, 3.8) is 0 Å². The topological polar surface area (TPSA) is 82.8 Å². The number of imide groups is 1. The van der Waals surface area contributed by atoms with E-state index < -0.39 is 0 Å². The van der Waals surface area contributed by atoms with Crippen LogP contribution in [0.5, 0.6) is 11.8 Å². The molecule has 2 heterocycles. The molecule has 0 saturated heterocycles. The monoisotopic (exact) mass is 290 g/mol. The zero-order valence-electron chi connectivity index (χ0n) is 11.6. The van der Waals surface area contributed by atoms with Crippen LogP contribution in [0.1, 0.15) is 25.7 Å². The molecule has 112 valence electrons. The third kappa shape index (κ3) is 2.53. The fraction of sp³-hybridized carbons (Fsp3) is 0.467. The van der Waals surface area contributed by atoms with Crippen LogP contribution in [0.25, 0.3) is 0 Å². The zero-order valence-corrected chi connectivity index (χ0v) is 11.6. The van der Waals surface area contributed by atoms with Crippen molar-refractivity contribution >= 4 is 11.8 Å². The summed E-state index contributed by atoms with van der Waals surface area (Å²) in [5, 5.41) is 19.4. The Bertz CT molecular complexity index is 567. The molecule has 2 atom stereocenters. The van der Waals surface area contributed by atoms with Gasteiger partial charge in [-0.25, -0.2) is 0 Å². The summed E-state index contributed by atoms with van der Waals surface area (Å²) in [5.74, 6) is -0.196. The quantitative estimate of drug-likeness (QED) is 0.824. The first-order valence-electron chi connectivity index (χ1n) is 7.19. The van der Waals surface area contributed by atoms with E-state index in [0.29, 0.717) is 13.0 Å². The van der Waals surface area contributed by atoms with Gasteiger partial charge in [0.15, 0.2) is 11.8 Å². The van der Waals surface area contributed by atoms with Crippen molar-refractivity contribution in [2.45, 2.75) is 38.3 Å². The number of carbonyl (C=O) groups excluding carboxylic acids is 2.